The standard InChI is InChI=1S/C13H7Cl4NO/c14-8-3-4-9(15)12(17)11(8)7-2-1-6(13(18)19)5-10(7)16/h1-5H,(H2,18,19). The molecule has 2 nitrogen and oxygen atoms in total. The Balaban J connectivity index is 2.66. The first-order valence-electron chi connectivity index (χ1n) is 5.15. The van der Waals surface area contributed by atoms with Crippen molar-refractivity contribution in [2.75, 3.05) is 0 Å². The summed E-state index contributed by atoms with van der Waals surface area (Å²) in [5.41, 5.74) is 6.60. The molecule has 2 N–H and O–H groups in total. The van der Waals surface area contributed by atoms with E-state index in [1.165, 1.54) is 6.07 Å². The zero-order valence-corrected chi connectivity index (χ0v) is 12.4. The Labute approximate surface area is 130 Å². The molecule has 98 valence electrons. The summed E-state index contributed by atoms with van der Waals surface area (Å²) in [6, 6.07) is 7.88. The first kappa shape index (κ1) is 14.5. The normalized spacial score (nSPS) is 10.5. The highest BCUT2D eigenvalue weighted by atomic mass is 35.5. The molecule has 19 heavy (non-hydrogen) atoms. The lowest BCUT2D eigenvalue weighted by molar-refractivity contribution is 0.100. The molecule has 0 unspecified atom stereocenters. The van der Waals surface area contributed by atoms with Gasteiger partial charge in [-0.2, -0.15) is 0 Å². The summed E-state index contributed by atoms with van der Waals surface area (Å²) in [5, 5.41) is 1.42. The third-order valence-corrected chi connectivity index (χ3v) is 4.00. The van der Waals surface area contributed by atoms with Gasteiger partial charge in [0.15, 0.2) is 0 Å². The van der Waals surface area contributed by atoms with Gasteiger partial charge in [0.1, 0.15) is 0 Å². The van der Waals surface area contributed by atoms with Gasteiger partial charge in [-0.05, 0) is 24.3 Å². The van der Waals surface area contributed by atoms with Crippen molar-refractivity contribution in [2.24, 2.45) is 5.73 Å². The van der Waals surface area contributed by atoms with E-state index in [4.69, 9.17) is 52.1 Å². The maximum absolute atomic E-state index is 11.1. The van der Waals surface area contributed by atoms with Gasteiger partial charge in [-0.15, -0.1) is 0 Å². The van der Waals surface area contributed by atoms with E-state index < -0.39 is 5.91 Å². The van der Waals surface area contributed by atoms with E-state index in [9.17, 15) is 4.79 Å². The molecule has 0 atom stereocenters. The topological polar surface area (TPSA) is 43.1 Å². The highest BCUT2D eigenvalue weighted by Gasteiger charge is 2.15. The minimum Gasteiger partial charge on any atom is -0.366 e. The SMILES string of the molecule is NC(=O)c1ccc(-c2c(Cl)ccc(Cl)c2Cl)c(Cl)c1. The van der Waals surface area contributed by atoms with Crippen LogP contribution in [-0.2, 0) is 0 Å². The van der Waals surface area contributed by atoms with Gasteiger partial charge in [-0.25, -0.2) is 0 Å². The fraction of sp³-hybridized carbons (Fsp3) is 0. The Morgan fingerprint density at radius 3 is 2.11 bits per heavy atom. The van der Waals surface area contributed by atoms with Gasteiger partial charge in [-0.3, -0.25) is 4.79 Å². The molecule has 0 fully saturated rings. The van der Waals surface area contributed by atoms with E-state index in [2.05, 4.69) is 0 Å². The number of halogens is 4. The summed E-state index contributed by atoms with van der Waals surface area (Å²) in [4.78, 5) is 11.1. The molecule has 0 bridgehead atoms. The van der Waals surface area contributed by atoms with Crippen molar-refractivity contribution in [1.29, 1.82) is 0 Å². The number of hydrogen-bond acceptors (Lipinski definition) is 1. The molecular weight excluding hydrogens is 328 g/mol. The second-order valence-corrected chi connectivity index (χ2v) is 5.38. The molecule has 1 amide bonds. The number of amides is 1. The van der Waals surface area contributed by atoms with Crippen molar-refractivity contribution >= 4 is 52.3 Å². The van der Waals surface area contributed by atoms with Crippen LogP contribution in [-0.4, -0.2) is 5.91 Å². The number of primary amides is 1. The highest BCUT2D eigenvalue weighted by molar-refractivity contribution is 6.46. The smallest absolute Gasteiger partial charge is 0.248 e. The average Bonchev–Trinajstić information content (AvgIpc) is 2.36. The van der Waals surface area contributed by atoms with Crippen LogP contribution in [0.2, 0.25) is 20.1 Å². The van der Waals surface area contributed by atoms with Crippen molar-refractivity contribution < 1.29 is 4.79 Å². The Hall–Kier alpha value is -0.930. The number of hydrogen-bond donors (Lipinski definition) is 1. The predicted octanol–water partition coefficient (Wildman–Crippen LogP) is 5.07. The summed E-state index contributed by atoms with van der Waals surface area (Å²) in [5.74, 6) is -0.559. The predicted molar refractivity (Wildman–Crippen MR) is 80.4 cm³/mol. The lowest BCUT2D eigenvalue weighted by Gasteiger charge is -2.11. The lowest BCUT2D eigenvalue weighted by Crippen LogP contribution is -2.10. The van der Waals surface area contributed by atoms with Crippen molar-refractivity contribution in [1.82, 2.24) is 0 Å². The Morgan fingerprint density at radius 2 is 1.53 bits per heavy atom. The molecular formula is C13H7Cl4NO. The number of carbonyl (C=O) groups is 1. The van der Waals surface area contributed by atoms with Crippen LogP contribution in [0.15, 0.2) is 30.3 Å². The van der Waals surface area contributed by atoms with Crippen LogP contribution in [0.3, 0.4) is 0 Å². The molecule has 0 saturated carbocycles. The molecule has 0 spiro atoms. The number of nitrogens with two attached hydrogens (primary N) is 1. The number of carbonyl (C=O) groups excluding carboxylic acids is 1. The zero-order chi connectivity index (χ0) is 14.2. The molecule has 0 radical (unpaired) electrons. The molecule has 0 aliphatic carbocycles. The minimum absolute atomic E-state index is 0.308. The zero-order valence-electron chi connectivity index (χ0n) is 9.38. The first-order chi connectivity index (χ1) is 8.91. The Kier molecular flexibility index (Phi) is 4.26. The molecule has 0 aromatic heterocycles. The summed E-state index contributed by atoms with van der Waals surface area (Å²) in [6.45, 7) is 0. The molecule has 6 heteroatoms. The van der Waals surface area contributed by atoms with Crippen molar-refractivity contribution in [3.63, 3.8) is 0 Å². The fourth-order valence-electron chi connectivity index (χ4n) is 1.65. The van der Waals surface area contributed by atoms with Crippen LogP contribution in [0.4, 0.5) is 0 Å². The first-order valence-corrected chi connectivity index (χ1v) is 6.66. The molecule has 0 saturated heterocycles. The van der Waals surface area contributed by atoms with Gasteiger partial charge < -0.3 is 5.73 Å². The monoisotopic (exact) mass is 333 g/mol. The van der Waals surface area contributed by atoms with Crippen LogP contribution in [0.25, 0.3) is 11.1 Å². The summed E-state index contributed by atoms with van der Waals surface area (Å²) < 4.78 is 0. The molecule has 0 aliphatic heterocycles. The number of rotatable bonds is 2. The molecule has 0 heterocycles. The van der Waals surface area contributed by atoms with Gasteiger partial charge in [0.25, 0.3) is 0 Å². The Morgan fingerprint density at radius 1 is 0.895 bits per heavy atom. The van der Waals surface area contributed by atoms with Gasteiger partial charge in [0.2, 0.25) is 5.91 Å². The van der Waals surface area contributed by atoms with E-state index in [-0.39, 0.29) is 0 Å². The van der Waals surface area contributed by atoms with Gasteiger partial charge in [-0.1, -0.05) is 52.5 Å². The van der Waals surface area contributed by atoms with Crippen molar-refractivity contribution in [2.45, 2.75) is 0 Å². The van der Waals surface area contributed by atoms with Crippen molar-refractivity contribution in [3.05, 3.63) is 56.0 Å². The van der Waals surface area contributed by atoms with Crippen LogP contribution >= 0.6 is 46.4 Å². The summed E-state index contributed by atoms with van der Waals surface area (Å²) in [6.07, 6.45) is 0. The fourth-order valence-corrected chi connectivity index (χ4v) is 2.65. The van der Waals surface area contributed by atoms with Crippen LogP contribution in [0.1, 0.15) is 10.4 Å². The quantitative estimate of drug-likeness (QED) is 0.766. The maximum Gasteiger partial charge on any atom is 0.248 e. The second kappa shape index (κ2) is 5.59. The van der Waals surface area contributed by atoms with E-state index >= 15 is 0 Å². The third-order valence-electron chi connectivity index (χ3n) is 2.57. The molecule has 0 aliphatic rings. The minimum atomic E-state index is -0.559. The van der Waals surface area contributed by atoms with Gasteiger partial charge >= 0.3 is 0 Å². The highest BCUT2D eigenvalue weighted by Crippen LogP contribution is 2.41. The lowest BCUT2D eigenvalue weighted by atomic mass is 10.0. The number of benzene rings is 2. The largest absolute Gasteiger partial charge is 0.366 e. The van der Waals surface area contributed by atoms with E-state index in [0.29, 0.717) is 36.8 Å². The third kappa shape index (κ3) is 2.82. The molecule has 2 aromatic carbocycles. The Bertz CT molecular complexity index is 670. The van der Waals surface area contributed by atoms with E-state index in [1.807, 2.05) is 0 Å². The second-order valence-electron chi connectivity index (χ2n) is 3.78. The summed E-state index contributed by atoms with van der Waals surface area (Å²) >= 11 is 24.4. The van der Waals surface area contributed by atoms with Gasteiger partial charge in [0.05, 0.1) is 15.1 Å². The van der Waals surface area contributed by atoms with Gasteiger partial charge in [0, 0.05) is 21.7 Å². The molecule has 2 rings (SSSR count). The van der Waals surface area contributed by atoms with Crippen molar-refractivity contribution in [3.8, 4) is 11.1 Å². The van der Waals surface area contributed by atoms with Crippen LogP contribution in [0.5, 0.6) is 0 Å². The van der Waals surface area contributed by atoms with Crippen LogP contribution < -0.4 is 5.73 Å². The maximum atomic E-state index is 11.1. The van der Waals surface area contributed by atoms with Crippen LogP contribution in [0, 0.1) is 0 Å². The average molecular weight is 335 g/mol. The molecule has 2 aromatic rings. The summed E-state index contributed by atoms with van der Waals surface area (Å²) in [7, 11) is 0. The van der Waals surface area contributed by atoms with E-state index in [1.54, 1.807) is 24.3 Å². The van der Waals surface area contributed by atoms with E-state index in [0.717, 1.165) is 0 Å².